The molecule has 8 heteroatoms. The molecule has 3 aromatic rings. The summed E-state index contributed by atoms with van der Waals surface area (Å²) in [5.41, 5.74) is 2.68. The molecule has 1 aliphatic rings. The molecule has 1 atom stereocenters. The number of piperazine rings is 1. The third-order valence-electron chi connectivity index (χ3n) is 6.32. The number of halogens is 1. The minimum atomic E-state index is -0.521. The molecule has 0 aromatic heterocycles. The Bertz CT molecular complexity index is 1180. The maximum atomic E-state index is 14.0. The fraction of sp³-hybridized carbons (Fsp3) is 0.296. The van der Waals surface area contributed by atoms with E-state index in [9.17, 15) is 19.3 Å². The first-order valence-corrected chi connectivity index (χ1v) is 11.8. The number of nitro benzene ring substituents is 1. The van der Waals surface area contributed by atoms with Gasteiger partial charge < -0.3 is 15.1 Å². The molecule has 1 fully saturated rings. The Kier molecular flexibility index (Phi) is 7.60. The Labute approximate surface area is 204 Å². The number of anilines is 2. The predicted octanol–water partition coefficient (Wildman–Crippen LogP) is 5.13. The van der Waals surface area contributed by atoms with Gasteiger partial charge in [0.2, 0.25) is 0 Å². The van der Waals surface area contributed by atoms with Crippen molar-refractivity contribution in [2.75, 3.05) is 36.4 Å². The zero-order valence-corrected chi connectivity index (χ0v) is 19.7. The van der Waals surface area contributed by atoms with E-state index in [4.69, 9.17) is 0 Å². The van der Waals surface area contributed by atoms with Gasteiger partial charge in [-0.25, -0.2) is 4.39 Å². The number of hydrogen-bond acceptors (Lipinski definition) is 5. The summed E-state index contributed by atoms with van der Waals surface area (Å²) in [6.45, 7) is 4.02. The number of amides is 1. The van der Waals surface area contributed by atoms with Crippen molar-refractivity contribution in [2.24, 2.45) is 0 Å². The van der Waals surface area contributed by atoms with Crippen molar-refractivity contribution in [1.82, 2.24) is 4.90 Å². The van der Waals surface area contributed by atoms with Crippen molar-refractivity contribution in [2.45, 2.75) is 25.8 Å². The second kappa shape index (κ2) is 11.0. The lowest BCUT2D eigenvalue weighted by molar-refractivity contribution is -0.384. The average Bonchev–Trinajstić information content (AvgIpc) is 2.88. The van der Waals surface area contributed by atoms with Gasteiger partial charge in [0.25, 0.3) is 11.6 Å². The number of carbonyl (C=O) groups is 1. The Balaban J connectivity index is 1.41. The predicted molar refractivity (Wildman–Crippen MR) is 135 cm³/mol. The third kappa shape index (κ3) is 5.95. The number of carbonyl (C=O) groups excluding carboxylic acids is 1. The molecule has 182 valence electrons. The van der Waals surface area contributed by atoms with Crippen LogP contribution in [0.5, 0.6) is 0 Å². The number of hydrogen-bond donors (Lipinski definition) is 1. The van der Waals surface area contributed by atoms with Gasteiger partial charge >= 0.3 is 0 Å². The van der Waals surface area contributed by atoms with Gasteiger partial charge in [-0.1, -0.05) is 42.5 Å². The largest absolute Gasteiger partial charge is 0.377 e. The zero-order chi connectivity index (χ0) is 24.8. The van der Waals surface area contributed by atoms with Crippen molar-refractivity contribution >= 4 is 23.0 Å². The molecule has 0 saturated carbocycles. The van der Waals surface area contributed by atoms with E-state index in [-0.39, 0.29) is 28.1 Å². The third-order valence-corrected chi connectivity index (χ3v) is 6.32. The number of nitrogens with zero attached hydrogens (tertiary/aromatic N) is 3. The molecule has 0 spiro atoms. The molecular formula is C27H29FN4O3. The molecule has 1 aliphatic heterocycles. The Hall–Kier alpha value is -3.94. The topological polar surface area (TPSA) is 78.7 Å². The highest BCUT2D eigenvalue weighted by Crippen LogP contribution is 2.31. The van der Waals surface area contributed by atoms with Crippen molar-refractivity contribution in [3.8, 4) is 0 Å². The monoisotopic (exact) mass is 476 g/mol. The molecule has 4 rings (SSSR count). The minimum absolute atomic E-state index is 0.0358. The van der Waals surface area contributed by atoms with E-state index in [1.165, 1.54) is 23.8 Å². The van der Waals surface area contributed by atoms with E-state index in [2.05, 4.69) is 22.3 Å². The fourth-order valence-electron chi connectivity index (χ4n) is 4.33. The van der Waals surface area contributed by atoms with Crippen LogP contribution in [0, 0.1) is 15.9 Å². The lowest BCUT2D eigenvalue weighted by Crippen LogP contribution is -2.49. The second-order valence-corrected chi connectivity index (χ2v) is 8.79. The van der Waals surface area contributed by atoms with Gasteiger partial charge in [0.15, 0.2) is 0 Å². The normalized spacial score (nSPS) is 14.5. The molecule has 0 radical (unpaired) electrons. The molecule has 0 bridgehead atoms. The van der Waals surface area contributed by atoms with E-state index in [1.54, 1.807) is 23.1 Å². The fourth-order valence-corrected chi connectivity index (χ4v) is 4.33. The van der Waals surface area contributed by atoms with Crippen LogP contribution < -0.4 is 10.2 Å². The first-order chi connectivity index (χ1) is 16.9. The van der Waals surface area contributed by atoms with Crippen molar-refractivity contribution in [3.63, 3.8) is 0 Å². The number of nitrogens with one attached hydrogen (secondary N) is 1. The number of nitro groups is 1. The minimum Gasteiger partial charge on any atom is -0.377 e. The average molecular weight is 477 g/mol. The van der Waals surface area contributed by atoms with E-state index in [0.29, 0.717) is 31.9 Å². The second-order valence-electron chi connectivity index (χ2n) is 8.79. The smallest absolute Gasteiger partial charge is 0.292 e. The van der Waals surface area contributed by atoms with Crippen molar-refractivity contribution < 1.29 is 14.1 Å². The van der Waals surface area contributed by atoms with Crippen molar-refractivity contribution in [1.29, 1.82) is 0 Å². The highest BCUT2D eigenvalue weighted by Gasteiger charge is 2.25. The Morgan fingerprint density at radius 2 is 1.71 bits per heavy atom. The lowest BCUT2D eigenvalue weighted by Gasteiger charge is -2.36. The summed E-state index contributed by atoms with van der Waals surface area (Å²) in [6, 6.07) is 21.3. The van der Waals surface area contributed by atoms with Crippen LogP contribution >= 0.6 is 0 Å². The van der Waals surface area contributed by atoms with Crippen LogP contribution in [0.25, 0.3) is 0 Å². The van der Waals surface area contributed by atoms with E-state index in [0.717, 1.165) is 18.5 Å². The number of benzene rings is 3. The SMILES string of the molecule is C[C@@H](CCc1ccccc1)Nc1cc(N2CCN(C(=O)c3ccccc3F)CC2)ccc1[N+](=O)[O-]. The van der Waals surface area contributed by atoms with E-state index >= 15 is 0 Å². The van der Waals surface area contributed by atoms with Gasteiger partial charge in [-0.3, -0.25) is 14.9 Å². The van der Waals surface area contributed by atoms with Crippen LogP contribution in [0.1, 0.15) is 29.3 Å². The summed E-state index contributed by atoms with van der Waals surface area (Å²) >= 11 is 0. The van der Waals surface area contributed by atoms with Crippen LogP contribution in [-0.4, -0.2) is 48.0 Å². The molecule has 0 unspecified atom stereocenters. The highest BCUT2D eigenvalue weighted by atomic mass is 19.1. The van der Waals surface area contributed by atoms with Gasteiger partial charge in [-0.15, -0.1) is 0 Å². The maximum absolute atomic E-state index is 14.0. The molecule has 1 N–H and O–H groups in total. The number of rotatable bonds is 8. The van der Waals surface area contributed by atoms with Crippen LogP contribution in [0.2, 0.25) is 0 Å². The maximum Gasteiger partial charge on any atom is 0.292 e. The first kappa shape index (κ1) is 24.2. The molecule has 1 amide bonds. The standard InChI is InChI=1S/C27H29FN4O3/c1-20(11-12-21-7-3-2-4-8-21)29-25-19-22(13-14-26(25)32(34)35)30-15-17-31(18-16-30)27(33)23-9-5-6-10-24(23)28/h2-10,13-14,19-20,29H,11-12,15-18H2,1H3/t20-/m0/s1. The lowest BCUT2D eigenvalue weighted by atomic mass is 10.1. The molecule has 35 heavy (non-hydrogen) atoms. The first-order valence-electron chi connectivity index (χ1n) is 11.8. The molecule has 0 aliphatic carbocycles. The van der Waals surface area contributed by atoms with Gasteiger partial charge in [-0.2, -0.15) is 0 Å². The van der Waals surface area contributed by atoms with E-state index < -0.39 is 5.82 Å². The molecule has 3 aromatic carbocycles. The molecule has 7 nitrogen and oxygen atoms in total. The summed E-state index contributed by atoms with van der Waals surface area (Å²) in [7, 11) is 0. The van der Waals surface area contributed by atoms with Gasteiger partial charge in [0.05, 0.1) is 10.5 Å². The molecular weight excluding hydrogens is 447 g/mol. The zero-order valence-electron chi connectivity index (χ0n) is 19.7. The van der Waals surface area contributed by atoms with Gasteiger partial charge in [0, 0.05) is 44.0 Å². The summed E-state index contributed by atoms with van der Waals surface area (Å²) in [5, 5.41) is 14.9. The van der Waals surface area contributed by atoms with E-state index in [1.807, 2.05) is 31.2 Å². The summed E-state index contributed by atoms with van der Waals surface area (Å²) in [5.74, 6) is -0.839. The summed E-state index contributed by atoms with van der Waals surface area (Å²) in [4.78, 5) is 27.7. The number of aryl methyl sites for hydroxylation is 1. The van der Waals surface area contributed by atoms with Gasteiger partial charge in [-0.05, 0) is 49.6 Å². The molecule has 1 saturated heterocycles. The van der Waals surface area contributed by atoms with Crippen LogP contribution in [0.15, 0.2) is 72.8 Å². The van der Waals surface area contributed by atoms with Crippen molar-refractivity contribution in [3.05, 3.63) is 99.9 Å². The summed E-state index contributed by atoms with van der Waals surface area (Å²) < 4.78 is 14.0. The quantitative estimate of drug-likeness (QED) is 0.360. The van der Waals surface area contributed by atoms with Gasteiger partial charge in [0.1, 0.15) is 11.5 Å². The van der Waals surface area contributed by atoms with Crippen LogP contribution in [-0.2, 0) is 6.42 Å². The Morgan fingerprint density at radius 1 is 1.03 bits per heavy atom. The summed E-state index contributed by atoms with van der Waals surface area (Å²) in [6.07, 6.45) is 1.71. The molecule has 1 heterocycles. The highest BCUT2D eigenvalue weighted by molar-refractivity contribution is 5.94. The van der Waals surface area contributed by atoms with Crippen LogP contribution in [0.3, 0.4) is 0 Å². The Morgan fingerprint density at radius 3 is 2.40 bits per heavy atom. The van der Waals surface area contributed by atoms with Crippen LogP contribution in [0.4, 0.5) is 21.5 Å².